The lowest BCUT2D eigenvalue weighted by atomic mass is 10.3. The van der Waals surface area contributed by atoms with Crippen LogP contribution in [0.25, 0.3) is 0 Å². The molecule has 0 aliphatic heterocycles. The molecule has 2 N–H and O–H groups in total. The van der Waals surface area contributed by atoms with Gasteiger partial charge in [-0.1, -0.05) is 0 Å². The van der Waals surface area contributed by atoms with E-state index in [-0.39, 0.29) is 6.03 Å². The highest BCUT2D eigenvalue weighted by Crippen LogP contribution is 2.19. The van der Waals surface area contributed by atoms with E-state index in [2.05, 4.69) is 20.7 Å². The van der Waals surface area contributed by atoms with Gasteiger partial charge in [-0.3, -0.25) is 4.68 Å². The largest absolute Gasteiger partial charge is 0.333 e. The number of aryl methyl sites for hydroxylation is 3. The molecule has 6 nitrogen and oxygen atoms in total. The topological polar surface area (TPSA) is 71.8 Å². The Balaban J connectivity index is 1.96. The molecule has 0 aliphatic carbocycles. The molecule has 2 amide bonds. The van der Waals surface area contributed by atoms with Crippen LogP contribution in [-0.2, 0) is 13.1 Å². The van der Waals surface area contributed by atoms with E-state index in [1.54, 1.807) is 17.5 Å². The molecule has 0 saturated heterocycles. The zero-order valence-corrected chi connectivity index (χ0v) is 13.0. The molecule has 0 fully saturated rings. The summed E-state index contributed by atoms with van der Waals surface area (Å²) in [5.41, 5.74) is 2.58. The minimum absolute atomic E-state index is 0.224. The second-order valence-electron chi connectivity index (χ2n) is 4.51. The fourth-order valence-corrected chi connectivity index (χ4v) is 2.73. The van der Waals surface area contributed by atoms with Crippen molar-refractivity contribution in [2.75, 3.05) is 5.32 Å². The third kappa shape index (κ3) is 3.16. The Morgan fingerprint density at radius 1 is 1.40 bits per heavy atom. The summed E-state index contributed by atoms with van der Waals surface area (Å²) in [5.74, 6) is 0. The van der Waals surface area contributed by atoms with E-state index in [0.29, 0.717) is 6.54 Å². The highest BCUT2D eigenvalue weighted by molar-refractivity contribution is 7.11. The molecule has 108 valence electrons. The number of aromatic nitrogens is 3. The van der Waals surface area contributed by atoms with Gasteiger partial charge in [0.05, 0.1) is 28.6 Å². The van der Waals surface area contributed by atoms with E-state index >= 15 is 0 Å². The lowest BCUT2D eigenvalue weighted by Crippen LogP contribution is -2.28. The maximum Gasteiger partial charge on any atom is 0.319 e. The van der Waals surface area contributed by atoms with Crippen LogP contribution in [0.3, 0.4) is 0 Å². The maximum absolute atomic E-state index is 11.9. The Morgan fingerprint density at radius 2 is 2.15 bits per heavy atom. The van der Waals surface area contributed by atoms with Gasteiger partial charge in [0.2, 0.25) is 0 Å². The van der Waals surface area contributed by atoms with Crippen LogP contribution in [0.1, 0.15) is 28.2 Å². The van der Waals surface area contributed by atoms with E-state index in [4.69, 9.17) is 0 Å². The molecule has 20 heavy (non-hydrogen) atoms. The van der Waals surface area contributed by atoms with Gasteiger partial charge in [-0.05, 0) is 27.7 Å². The van der Waals surface area contributed by atoms with E-state index in [0.717, 1.165) is 33.5 Å². The van der Waals surface area contributed by atoms with Crippen LogP contribution < -0.4 is 10.6 Å². The summed E-state index contributed by atoms with van der Waals surface area (Å²) in [7, 11) is 0. The van der Waals surface area contributed by atoms with Crippen LogP contribution in [0.2, 0.25) is 0 Å². The predicted octanol–water partition coefficient (Wildman–Crippen LogP) is 2.61. The molecule has 7 heteroatoms. The Hall–Kier alpha value is -1.89. The van der Waals surface area contributed by atoms with Crippen molar-refractivity contribution >= 4 is 23.1 Å². The first kappa shape index (κ1) is 14.5. The van der Waals surface area contributed by atoms with E-state index in [1.165, 1.54) is 0 Å². The fourth-order valence-electron chi connectivity index (χ4n) is 2.00. The Bertz CT molecular complexity index is 616. The molecule has 2 aromatic heterocycles. The highest BCUT2D eigenvalue weighted by atomic mass is 32.1. The molecule has 2 rings (SSSR count). The van der Waals surface area contributed by atoms with Gasteiger partial charge in [0.15, 0.2) is 0 Å². The van der Waals surface area contributed by atoms with Gasteiger partial charge in [-0.25, -0.2) is 9.78 Å². The highest BCUT2D eigenvalue weighted by Gasteiger charge is 2.13. The van der Waals surface area contributed by atoms with Crippen molar-refractivity contribution in [3.05, 3.63) is 27.5 Å². The Morgan fingerprint density at radius 3 is 2.70 bits per heavy atom. The first-order valence-corrected chi connectivity index (χ1v) is 7.33. The number of rotatable bonds is 4. The SMILES string of the molecule is CCn1nc(C)c(NC(=O)NCc2cnc(C)s2)c1C. The van der Waals surface area contributed by atoms with Gasteiger partial charge in [0, 0.05) is 17.6 Å². The molecule has 0 atom stereocenters. The van der Waals surface area contributed by atoms with Crippen molar-refractivity contribution in [3.8, 4) is 0 Å². The molecule has 0 aliphatic rings. The summed E-state index contributed by atoms with van der Waals surface area (Å²) in [6.45, 7) is 9.08. The quantitative estimate of drug-likeness (QED) is 0.910. The summed E-state index contributed by atoms with van der Waals surface area (Å²) >= 11 is 1.58. The summed E-state index contributed by atoms with van der Waals surface area (Å²) in [4.78, 5) is 17.1. The van der Waals surface area contributed by atoms with E-state index < -0.39 is 0 Å². The third-order valence-corrected chi connectivity index (χ3v) is 3.92. The molecule has 0 bridgehead atoms. The lowest BCUT2D eigenvalue weighted by Gasteiger charge is -2.07. The van der Waals surface area contributed by atoms with Gasteiger partial charge in [0.1, 0.15) is 0 Å². The zero-order valence-electron chi connectivity index (χ0n) is 12.1. The molecule has 0 unspecified atom stereocenters. The van der Waals surface area contributed by atoms with Crippen LogP contribution in [0.5, 0.6) is 0 Å². The predicted molar refractivity (Wildman–Crippen MR) is 80.1 cm³/mol. The number of carbonyl (C=O) groups excluding carboxylic acids is 1. The molecular formula is C13H19N5OS. The van der Waals surface area contributed by atoms with Crippen molar-refractivity contribution in [2.45, 2.75) is 40.8 Å². The number of anilines is 1. The van der Waals surface area contributed by atoms with Crippen molar-refractivity contribution in [1.82, 2.24) is 20.1 Å². The number of amides is 2. The normalized spacial score (nSPS) is 10.6. The second kappa shape index (κ2) is 6.04. The maximum atomic E-state index is 11.9. The molecule has 0 spiro atoms. The monoisotopic (exact) mass is 293 g/mol. The van der Waals surface area contributed by atoms with E-state index in [1.807, 2.05) is 32.4 Å². The van der Waals surface area contributed by atoms with Gasteiger partial charge in [0.25, 0.3) is 0 Å². The standard InChI is InChI=1S/C13H19N5OS/c1-5-18-9(3)12(8(2)17-18)16-13(19)15-7-11-6-14-10(4)20-11/h6H,5,7H2,1-4H3,(H2,15,16,19). The van der Waals surface area contributed by atoms with Crippen LogP contribution in [0.15, 0.2) is 6.20 Å². The number of carbonyl (C=O) groups is 1. The van der Waals surface area contributed by atoms with Crippen molar-refractivity contribution in [1.29, 1.82) is 0 Å². The lowest BCUT2D eigenvalue weighted by molar-refractivity contribution is 0.252. The summed E-state index contributed by atoms with van der Waals surface area (Å²) in [6, 6.07) is -0.224. The van der Waals surface area contributed by atoms with Crippen LogP contribution >= 0.6 is 11.3 Å². The van der Waals surface area contributed by atoms with Crippen LogP contribution in [-0.4, -0.2) is 20.8 Å². The number of hydrogen-bond donors (Lipinski definition) is 2. The first-order chi connectivity index (χ1) is 9.51. The molecule has 0 saturated carbocycles. The molecule has 2 aromatic rings. The molecule has 0 aromatic carbocycles. The van der Waals surface area contributed by atoms with Crippen molar-refractivity contribution in [2.24, 2.45) is 0 Å². The van der Waals surface area contributed by atoms with Gasteiger partial charge < -0.3 is 10.6 Å². The van der Waals surface area contributed by atoms with E-state index in [9.17, 15) is 4.79 Å². The molecule has 2 heterocycles. The molecule has 0 radical (unpaired) electrons. The van der Waals surface area contributed by atoms with Gasteiger partial charge in [-0.2, -0.15) is 5.10 Å². The number of hydrogen-bond acceptors (Lipinski definition) is 4. The van der Waals surface area contributed by atoms with Crippen LogP contribution in [0.4, 0.5) is 10.5 Å². The van der Waals surface area contributed by atoms with Crippen LogP contribution in [0, 0.1) is 20.8 Å². The average molecular weight is 293 g/mol. The summed E-state index contributed by atoms with van der Waals surface area (Å²) < 4.78 is 1.87. The van der Waals surface area contributed by atoms with Crippen molar-refractivity contribution < 1.29 is 4.79 Å². The van der Waals surface area contributed by atoms with Gasteiger partial charge >= 0.3 is 6.03 Å². The minimum Gasteiger partial charge on any atom is -0.333 e. The first-order valence-electron chi connectivity index (χ1n) is 6.51. The smallest absolute Gasteiger partial charge is 0.319 e. The van der Waals surface area contributed by atoms with Crippen molar-refractivity contribution in [3.63, 3.8) is 0 Å². The number of urea groups is 1. The van der Waals surface area contributed by atoms with Gasteiger partial charge in [-0.15, -0.1) is 11.3 Å². The summed E-state index contributed by atoms with van der Waals surface area (Å²) in [6.07, 6.45) is 1.78. The molecular weight excluding hydrogens is 274 g/mol. The average Bonchev–Trinajstić information content (AvgIpc) is 2.94. The number of nitrogens with one attached hydrogen (secondary N) is 2. The fraction of sp³-hybridized carbons (Fsp3) is 0.462. The zero-order chi connectivity index (χ0) is 14.7. The summed E-state index contributed by atoms with van der Waals surface area (Å²) in [5, 5.41) is 11.1. The minimum atomic E-state index is -0.224. The Kier molecular flexibility index (Phi) is 4.39. The Labute approximate surface area is 122 Å². The number of thiazole rings is 1. The second-order valence-corrected chi connectivity index (χ2v) is 5.83. The third-order valence-electron chi connectivity index (χ3n) is 3.01. The number of nitrogens with zero attached hydrogens (tertiary/aromatic N) is 3.